The lowest BCUT2D eigenvalue weighted by atomic mass is 10.2. The molecule has 9 heteroatoms. The van der Waals surface area contributed by atoms with Gasteiger partial charge in [-0.2, -0.15) is 0 Å². The van der Waals surface area contributed by atoms with Gasteiger partial charge in [0, 0.05) is 6.20 Å². The molecule has 0 saturated carbocycles. The number of benzene rings is 1. The summed E-state index contributed by atoms with van der Waals surface area (Å²) in [4.78, 5) is 12.2. The third kappa shape index (κ3) is 3.36. The molecule has 0 bridgehead atoms. The van der Waals surface area contributed by atoms with Crippen molar-refractivity contribution in [3.63, 3.8) is 0 Å². The largest absolute Gasteiger partial charge is 0.321 e. The fourth-order valence-electron chi connectivity index (χ4n) is 2.36. The molecule has 0 atom stereocenters. The van der Waals surface area contributed by atoms with Crippen LogP contribution < -0.4 is 5.32 Å². The number of amides is 1. The molecule has 3 aromatic rings. The maximum Gasteiger partial charge on any atom is 0.258 e. The van der Waals surface area contributed by atoms with E-state index in [4.69, 9.17) is 0 Å². The van der Waals surface area contributed by atoms with Gasteiger partial charge in [-0.05, 0) is 30.7 Å². The van der Waals surface area contributed by atoms with Crippen LogP contribution in [0.1, 0.15) is 23.7 Å². The van der Waals surface area contributed by atoms with Gasteiger partial charge in [-0.1, -0.05) is 19.1 Å². The zero-order chi connectivity index (χ0) is 18.0. The molecule has 0 radical (unpaired) electrons. The number of carbonyl (C=O) groups is 1. The second-order valence-corrected chi connectivity index (χ2v) is 7.38. The molecule has 0 aliphatic rings. The summed E-state index contributed by atoms with van der Waals surface area (Å²) in [5.41, 5.74) is 0.525. The standard InChI is InChI=1S/C16H15FN4O3S/c1-2-9-25(23,24)16-20-19-14-8-7-11(10-21(14)16)18-15(22)12-5-3-4-6-13(12)17/h3-8,10H,2,9H2,1H3,(H,18,22). The molecule has 0 spiro atoms. The molecule has 25 heavy (non-hydrogen) atoms. The van der Waals surface area contributed by atoms with Crippen molar-refractivity contribution in [3.05, 3.63) is 54.0 Å². The predicted octanol–water partition coefficient (Wildman–Crippen LogP) is 2.30. The van der Waals surface area contributed by atoms with Crippen LogP contribution in [0, 0.1) is 5.82 Å². The van der Waals surface area contributed by atoms with E-state index in [1.165, 1.54) is 34.9 Å². The van der Waals surface area contributed by atoms with Crippen molar-refractivity contribution in [1.82, 2.24) is 14.6 Å². The van der Waals surface area contributed by atoms with Gasteiger partial charge in [0.2, 0.25) is 9.84 Å². The van der Waals surface area contributed by atoms with Crippen LogP contribution in [0.4, 0.5) is 10.1 Å². The van der Waals surface area contributed by atoms with Crippen molar-refractivity contribution in [1.29, 1.82) is 0 Å². The summed E-state index contributed by atoms with van der Waals surface area (Å²) >= 11 is 0. The molecule has 7 nitrogen and oxygen atoms in total. The van der Waals surface area contributed by atoms with Crippen molar-refractivity contribution in [2.45, 2.75) is 18.5 Å². The van der Waals surface area contributed by atoms with E-state index in [-0.39, 0.29) is 16.5 Å². The molecule has 0 aliphatic carbocycles. The van der Waals surface area contributed by atoms with Crippen LogP contribution in [0.2, 0.25) is 0 Å². The van der Waals surface area contributed by atoms with Crippen molar-refractivity contribution in [2.24, 2.45) is 0 Å². The van der Waals surface area contributed by atoms with Crippen molar-refractivity contribution in [3.8, 4) is 0 Å². The van der Waals surface area contributed by atoms with Crippen LogP contribution in [0.15, 0.2) is 47.8 Å². The second-order valence-electron chi connectivity index (χ2n) is 5.38. The molecule has 0 unspecified atom stereocenters. The minimum Gasteiger partial charge on any atom is -0.321 e. The first-order valence-electron chi connectivity index (χ1n) is 7.56. The number of hydrogen-bond donors (Lipinski definition) is 1. The minimum absolute atomic E-state index is 0.0559. The number of rotatable bonds is 5. The molecule has 2 heterocycles. The van der Waals surface area contributed by atoms with Gasteiger partial charge >= 0.3 is 0 Å². The smallest absolute Gasteiger partial charge is 0.258 e. The summed E-state index contributed by atoms with van der Waals surface area (Å²) in [5, 5.41) is 9.90. The summed E-state index contributed by atoms with van der Waals surface area (Å²) in [5.74, 6) is -1.33. The first kappa shape index (κ1) is 17.0. The van der Waals surface area contributed by atoms with E-state index in [1.54, 1.807) is 19.1 Å². The molecule has 0 saturated heterocycles. The Bertz CT molecular complexity index is 1050. The molecule has 2 aromatic heterocycles. The summed E-state index contributed by atoms with van der Waals surface area (Å²) in [6.07, 6.45) is 1.84. The van der Waals surface area contributed by atoms with Gasteiger partial charge in [0.1, 0.15) is 5.82 Å². The van der Waals surface area contributed by atoms with E-state index in [0.29, 0.717) is 17.8 Å². The highest BCUT2D eigenvalue weighted by atomic mass is 32.2. The van der Waals surface area contributed by atoms with Crippen LogP contribution in [-0.2, 0) is 9.84 Å². The summed E-state index contributed by atoms with van der Waals surface area (Å²) in [7, 11) is -3.58. The summed E-state index contributed by atoms with van der Waals surface area (Å²) < 4.78 is 39.5. The molecule has 1 amide bonds. The molecule has 0 aliphatic heterocycles. The van der Waals surface area contributed by atoms with Crippen LogP contribution in [0.5, 0.6) is 0 Å². The monoisotopic (exact) mass is 362 g/mol. The Labute approximate surface area is 143 Å². The molecule has 1 aromatic carbocycles. The Hall–Kier alpha value is -2.81. The molecular weight excluding hydrogens is 347 g/mol. The first-order valence-corrected chi connectivity index (χ1v) is 9.21. The molecule has 1 N–H and O–H groups in total. The van der Waals surface area contributed by atoms with Crippen molar-refractivity contribution in [2.75, 3.05) is 11.1 Å². The maximum absolute atomic E-state index is 13.7. The average Bonchev–Trinajstić information content (AvgIpc) is 2.99. The van der Waals surface area contributed by atoms with Crippen LogP contribution in [0.3, 0.4) is 0 Å². The van der Waals surface area contributed by atoms with E-state index in [2.05, 4.69) is 15.5 Å². The number of carbonyl (C=O) groups excluding carboxylic acids is 1. The van der Waals surface area contributed by atoms with Gasteiger partial charge in [0.05, 0.1) is 17.0 Å². The lowest BCUT2D eigenvalue weighted by molar-refractivity contribution is 0.102. The Balaban J connectivity index is 1.96. The quantitative estimate of drug-likeness (QED) is 0.752. The number of pyridine rings is 1. The third-order valence-electron chi connectivity index (χ3n) is 3.50. The van der Waals surface area contributed by atoms with E-state index in [9.17, 15) is 17.6 Å². The van der Waals surface area contributed by atoms with Gasteiger partial charge in [-0.15, -0.1) is 10.2 Å². The fraction of sp³-hybridized carbons (Fsp3) is 0.188. The molecule has 130 valence electrons. The van der Waals surface area contributed by atoms with Gasteiger partial charge in [0.15, 0.2) is 5.65 Å². The van der Waals surface area contributed by atoms with E-state index in [1.807, 2.05) is 0 Å². The van der Waals surface area contributed by atoms with Gasteiger partial charge in [-0.3, -0.25) is 9.20 Å². The molecule has 3 rings (SSSR count). The van der Waals surface area contributed by atoms with Crippen molar-refractivity contribution < 1.29 is 17.6 Å². The molecule has 0 fully saturated rings. The Morgan fingerprint density at radius 3 is 2.68 bits per heavy atom. The fourth-order valence-corrected chi connectivity index (χ4v) is 3.69. The normalized spacial score (nSPS) is 11.6. The number of anilines is 1. The van der Waals surface area contributed by atoms with Crippen LogP contribution in [-0.4, -0.2) is 34.7 Å². The third-order valence-corrected chi connectivity index (χ3v) is 5.28. The highest BCUT2D eigenvalue weighted by Gasteiger charge is 2.21. The van der Waals surface area contributed by atoms with Gasteiger partial charge in [0.25, 0.3) is 11.1 Å². The predicted molar refractivity (Wildman–Crippen MR) is 89.7 cm³/mol. The number of hydrogen-bond acceptors (Lipinski definition) is 5. The summed E-state index contributed by atoms with van der Waals surface area (Å²) in [6.45, 7) is 1.75. The topological polar surface area (TPSA) is 93.4 Å². The lowest BCUT2D eigenvalue weighted by Gasteiger charge is -2.07. The van der Waals surface area contributed by atoms with Crippen LogP contribution in [0.25, 0.3) is 5.65 Å². The lowest BCUT2D eigenvalue weighted by Crippen LogP contribution is -2.15. The Kier molecular flexibility index (Phi) is 4.49. The van der Waals surface area contributed by atoms with Gasteiger partial charge < -0.3 is 5.32 Å². The SMILES string of the molecule is CCCS(=O)(=O)c1nnc2ccc(NC(=O)c3ccccc3F)cn12. The Morgan fingerprint density at radius 1 is 1.20 bits per heavy atom. The van der Waals surface area contributed by atoms with E-state index < -0.39 is 21.6 Å². The number of halogens is 1. The van der Waals surface area contributed by atoms with Crippen LogP contribution >= 0.6 is 0 Å². The maximum atomic E-state index is 13.7. The first-order chi connectivity index (χ1) is 11.9. The average molecular weight is 362 g/mol. The zero-order valence-corrected chi connectivity index (χ0v) is 14.1. The number of fused-ring (bicyclic) bond motifs is 1. The number of nitrogens with one attached hydrogen (secondary N) is 1. The van der Waals surface area contributed by atoms with E-state index >= 15 is 0 Å². The number of nitrogens with zero attached hydrogens (tertiary/aromatic N) is 3. The van der Waals surface area contributed by atoms with Crippen molar-refractivity contribution >= 4 is 27.1 Å². The van der Waals surface area contributed by atoms with Gasteiger partial charge in [-0.25, -0.2) is 12.8 Å². The Morgan fingerprint density at radius 2 is 1.96 bits per heavy atom. The number of sulfone groups is 1. The van der Waals surface area contributed by atoms with E-state index in [0.717, 1.165) is 0 Å². The zero-order valence-electron chi connectivity index (χ0n) is 13.3. The number of aromatic nitrogens is 3. The minimum atomic E-state index is -3.58. The second kappa shape index (κ2) is 6.60. The highest BCUT2D eigenvalue weighted by molar-refractivity contribution is 7.91. The summed E-state index contributed by atoms with van der Waals surface area (Å²) in [6, 6.07) is 8.65. The molecular formula is C16H15FN4O3S. The highest BCUT2D eigenvalue weighted by Crippen LogP contribution is 2.17.